The second-order valence-electron chi connectivity index (χ2n) is 3.06. The van der Waals surface area contributed by atoms with E-state index in [4.69, 9.17) is 5.73 Å². The van der Waals surface area contributed by atoms with Crippen LogP contribution >= 0.6 is 9.24 Å². The van der Waals surface area contributed by atoms with Crippen molar-refractivity contribution in [3.8, 4) is 0 Å². The van der Waals surface area contributed by atoms with E-state index in [1.54, 1.807) is 0 Å². The van der Waals surface area contributed by atoms with E-state index in [-0.39, 0.29) is 0 Å². The lowest BCUT2D eigenvalue weighted by molar-refractivity contribution is 1.49. The molecule has 1 aromatic carbocycles. The van der Waals surface area contributed by atoms with Crippen molar-refractivity contribution in [3.63, 3.8) is 0 Å². The van der Waals surface area contributed by atoms with Gasteiger partial charge in [-0.05, 0) is 42.4 Å². The van der Waals surface area contributed by atoms with Crippen LogP contribution < -0.4 is 11.0 Å². The van der Waals surface area contributed by atoms with E-state index in [0.29, 0.717) is 0 Å². The minimum atomic E-state index is 0.834. The number of rotatable bonds is 1. The number of nitrogen functional groups attached to an aromatic ring is 1. The Hall–Kier alpha value is -0.810. The maximum atomic E-state index is 5.80. The highest BCUT2D eigenvalue weighted by Gasteiger charge is 2.01. The number of hydrogen-bond donors (Lipinski definition) is 1. The molecule has 0 heterocycles. The minimum Gasteiger partial charge on any atom is -0.398 e. The Morgan fingerprint density at radius 3 is 2.21 bits per heavy atom. The van der Waals surface area contributed by atoms with Gasteiger partial charge in [0.05, 0.1) is 0 Å². The first-order valence-corrected chi connectivity index (χ1v) is 5.41. The molecule has 0 aromatic heterocycles. The lowest BCUT2D eigenvalue weighted by atomic mass is 10.1. The Morgan fingerprint density at radius 1 is 1.36 bits per heavy atom. The first-order chi connectivity index (χ1) is 6.52. The molecule has 14 heavy (non-hydrogen) atoms. The normalized spacial score (nSPS) is 8.93. The van der Waals surface area contributed by atoms with E-state index in [9.17, 15) is 0 Å². The van der Waals surface area contributed by atoms with Crippen LogP contribution in [0.4, 0.5) is 5.69 Å². The largest absolute Gasteiger partial charge is 0.398 e. The molecule has 0 radical (unpaired) electrons. The fourth-order valence-electron chi connectivity index (χ4n) is 1.01. The van der Waals surface area contributed by atoms with Crippen molar-refractivity contribution >= 4 is 25.8 Å². The van der Waals surface area contributed by atoms with Gasteiger partial charge < -0.3 is 5.73 Å². The summed E-state index contributed by atoms with van der Waals surface area (Å²) < 4.78 is 0. The Balaban J connectivity index is 0.000000791. The molecule has 0 bridgehead atoms. The Morgan fingerprint density at radius 2 is 1.86 bits per heavy atom. The zero-order chi connectivity index (χ0) is 11.3. The predicted molar refractivity (Wildman–Crippen MR) is 71.0 cm³/mol. The Kier molecular flexibility index (Phi) is 5.49. The smallest absolute Gasteiger partial charge is 0.0356 e. The molecule has 0 spiro atoms. The second kappa shape index (κ2) is 5.82. The lowest BCUT2D eigenvalue weighted by Gasteiger charge is -2.07. The van der Waals surface area contributed by atoms with Crippen LogP contribution in [0.25, 0.3) is 5.57 Å². The van der Waals surface area contributed by atoms with Crippen molar-refractivity contribution in [3.05, 3.63) is 29.8 Å². The van der Waals surface area contributed by atoms with Crippen LogP contribution in [0.3, 0.4) is 0 Å². The molecule has 1 rings (SSSR count). The van der Waals surface area contributed by atoms with E-state index in [1.165, 1.54) is 0 Å². The zero-order valence-corrected chi connectivity index (χ0v) is 10.7. The standard InChI is InChI=1S/C10H14NP.C2H6/c1-6(2)8-4-9(11)7(3)10(12)5-8;1-2/h4-5H,1,11-12H2,2-3H3;1-2H3. The molecule has 0 saturated carbocycles. The van der Waals surface area contributed by atoms with Crippen LogP contribution in [0.2, 0.25) is 0 Å². The van der Waals surface area contributed by atoms with Gasteiger partial charge in [0.2, 0.25) is 0 Å². The molecule has 1 aromatic rings. The van der Waals surface area contributed by atoms with E-state index >= 15 is 0 Å². The SMILES string of the molecule is C=C(C)c1cc(N)c(C)c(P)c1.CC. The molecule has 2 heteroatoms. The number of benzene rings is 1. The quantitative estimate of drug-likeness (QED) is 0.558. The first kappa shape index (κ1) is 13.2. The first-order valence-electron chi connectivity index (χ1n) is 4.84. The number of anilines is 1. The van der Waals surface area contributed by atoms with Gasteiger partial charge >= 0.3 is 0 Å². The number of hydrogen-bond acceptors (Lipinski definition) is 1. The fourth-order valence-corrected chi connectivity index (χ4v) is 1.35. The molecular weight excluding hydrogens is 189 g/mol. The molecule has 1 unspecified atom stereocenters. The molecular formula is C12H20NP. The van der Waals surface area contributed by atoms with E-state index < -0.39 is 0 Å². The summed E-state index contributed by atoms with van der Waals surface area (Å²) in [6.45, 7) is 11.9. The summed E-state index contributed by atoms with van der Waals surface area (Å²) in [5.41, 5.74) is 9.93. The summed E-state index contributed by atoms with van der Waals surface area (Å²) in [7, 11) is 2.68. The summed E-state index contributed by atoms with van der Waals surface area (Å²) in [5, 5.41) is 1.15. The second-order valence-corrected chi connectivity index (χ2v) is 3.68. The summed E-state index contributed by atoms with van der Waals surface area (Å²) in [6, 6.07) is 4.05. The molecule has 0 aliphatic heterocycles. The topological polar surface area (TPSA) is 26.0 Å². The van der Waals surface area contributed by atoms with Crippen molar-refractivity contribution in [2.45, 2.75) is 27.7 Å². The third-order valence-electron chi connectivity index (χ3n) is 1.98. The zero-order valence-electron chi connectivity index (χ0n) is 9.52. The van der Waals surface area contributed by atoms with E-state index in [1.807, 2.05) is 33.8 Å². The van der Waals surface area contributed by atoms with E-state index in [2.05, 4.69) is 21.9 Å². The van der Waals surface area contributed by atoms with Crippen molar-refractivity contribution in [1.82, 2.24) is 0 Å². The number of allylic oxidation sites excluding steroid dienone is 1. The Bertz CT molecular complexity index is 306. The Labute approximate surface area is 89.6 Å². The molecule has 78 valence electrons. The highest BCUT2D eigenvalue weighted by Crippen LogP contribution is 2.18. The summed E-state index contributed by atoms with van der Waals surface area (Å²) in [5.74, 6) is 0. The molecule has 0 fully saturated rings. The molecule has 0 aliphatic rings. The maximum absolute atomic E-state index is 5.80. The van der Waals surface area contributed by atoms with Gasteiger partial charge in [0, 0.05) is 5.69 Å². The van der Waals surface area contributed by atoms with Crippen molar-refractivity contribution in [2.75, 3.05) is 5.73 Å². The molecule has 2 N–H and O–H groups in total. The van der Waals surface area contributed by atoms with Crippen molar-refractivity contribution < 1.29 is 0 Å². The van der Waals surface area contributed by atoms with Crippen LogP contribution in [-0.2, 0) is 0 Å². The van der Waals surface area contributed by atoms with Crippen LogP contribution in [0.15, 0.2) is 18.7 Å². The highest BCUT2D eigenvalue weighted by atomic mass is 31.0. The van der Waals surface area contributed by atoms with Crippen LogP contribution in [-0.4, -0.2) is 0 Å². The van der Waals surface area contributed by atoms with E-state index in [0.717, 1.165) is 27.7 Å². The van der Waals surface area contributed by atoms with Gasteiger partial charge in [0.25, 0.3) is 0 Å². The average molecular weight is 209 g/mol. The van der Waals surface area contributed by atoms with Gasteiger partial charge in [0.1, 0.15) is 0 Å². The summed E-state index contributed by atoms with van der Waals surface area (Å²) in [4.78, 5) is 0. The minimum absolute atomic E-state index is 0.834. The summed E-state index contributed by atoms with van der Waals surface area (Å²) >= 11 is 0. The van der Waals surface area contributed by atoms with Crippen LogP contribution in [0, 0.1) is 6.92 Å². The summed E-state index contributed by atoms with van der Waals surface area (Å²) in [6.07, 6.45) is 0. The highest BCUT2D eigenvalue weighted by molar-refractivity contribution is 7.27. The van der Waals surface area contributed by atoms with Crippen molar-refractivity contribution in [2.24, 2.45) is 0 Å². The third-order valence-corrected chi connectivity index (χ3v) is 2.58. The van der Waals surface area contributed by atoms with Gasteiger partial charge in [-0.1, -0.05) is 26.0 Å². The molecule has 0 saturated heterocycles. The molecule has 1 atom stereocenters. The van der Waals surface area contributed by atoms with Gasteiger partial charge in [-0.25, -0.2) is 0 Å². The van der Waals surface area contributed by atoms with Gasteiger partial charge in [-0.2, -0.15) is 0 Å². The maximum Gasteiger partial charge on any atom is 0.0356 e. The lowest BCUT2D eigenvalue weighted by Crippen LogP contribution is -2.03. The van der Waals surface area contributed by atoms with Gasteiger partial charge in [-0.3, -0.25) is 0 Å². The van der Waals surface area contributed by atoms with Crippen molar-refractivity contribution in [1.29, 1.82) is 0 Å². The molecule has 1 nitrogen and oxygen atoms in total. The number of nitrogens with two attached hydrogens (primary N) is 1. The monoisotopic (exact) mass is 209 g/mol. The fraction of sp³-hybridized carbons (Fsp3) is 0.333. The third kappa shape index (κ3) is 3.16. The average Bonchev–Trinajstić information content (AvgIpc) is 2.16. The predicted octanol–water partition coefficient (Wildman–Crippen LogP) is 3.14. The van der Waals surface area contributed by atoms with Gasteiger partial charge in [0.15, 0.2) is 0 Å². The molecule has 0 aliphatic carbocycles. The molecule has 0 amide bonds. The van der Waals surface area contributed by atoms with Crippen LogP contribution in [0.1, 0.15) is 31.9 Å². The van der Waals surface area contributed by atoms with Crippen LogP contribution in [0.5, 0.6) is 0 Å². The van der Waals surface area contributed by atoms with Gasteiger partial charge in [-0.15, -0.1) is 9.24 Å².